The lowest BCUT2D eigenvalue weighted by Gasteiger charge is -2.54. The highest BCUT2D eigenvalue weighted by Gasteiger charge is 2.57. The second kappa shape index (κ2) is 4.90. The quantitative estimate of drug-likeness (QED) is 0.601. The summed E-state index contributed by atoms with van der Waals surface area (Å²) in [4.78, 5) is 0. The third-order valence-electron chi connectivity index (χ3n) is 7.52. The Balaban J connectivity index is 1.84. The fourth-order valence-corrected chi connectivity index (χ4v) is 5.96. The largest absolute Gasteiger partial charge is 0.389 e. The summed E-state index contributed by atoms with van der Waals surface area (Å²) in [7, 11) is 0. The topological polar surface area (TPSA) is 66.5 Å². The lowest BCUT2D eigenvalue weighted by Crippen LogP contribution is -2.49. The van der Waals surface area contributed by atoms with E-state index >= 15 is 0 Å². The Bertz CT molecular complexity index is 600. The molecule has 0 aromatic carbocycles. The Morgan fingerprint density at radius 1 is 1.13 bits per heavy atom. The molecule has 0 aromatic rings. The van der Waals surface area contributed by atoms with Gasteiger partial charge in [0.05, 0.1) is 12.2 Å². The number of hydrogen-bond acceptors (Lipinski definition) is 3. The molecule has 0 heterocycles. The summed E-state index contributed by atoms with van der Waals surface area (Å²) in [5.74, 6) is 0.269. The van der Waals surface area contributed by atoms with E-state index in [0.29, 0.717) is 12.8 Å². The van der Waals surface area contributed by atoms with Crippen LogP contribution in [0.5, 0.6) is 0 Å². The lowest BCUT2D eigenvalue weighted by molar-refractivity contribution is 0.0638. The van der Waals surface area contributed by atoms with Crippen molar-refractivity contribution in [2.75, 3.05) is 0 Å². The fourth-order valence-electron chi connectivity index (χ4n) is 5.96. The molecule has 3 nitrogen and oxygen atoms in total. The van der Waals surface area contributed by atoms with Crippen LogP contribution in [0.15, 0.2) is 22.8 Å². The first-order valence-corrected chi connectivity index (χ1v) is 8.98. The van der Waals surface area contributed by atoms with Gasteiger partial charge >= 0.3 is 0 Å². The molecule has 0 unspecified atom stereocenters. The maximum atomic E-state index is 14.3. The van der Waals surface area contributed by atoms with Crippen LogP contribution in [-0.2, 0) is 0 Å². The number of fused-ring (bicyclic) bond motifs is 4. The molecule has 0 amide bonds. The van der Waals surface area contributed by atoms with Crippen LogP contribution < -0.4 is 5.73 Å². The van der Waals surface area contributed by atoms with Crippen LogP contribution in [0.1, 0.15) is 52.4 Å². The summed E-state index contributed by atoms with van der Waals surface area (Å²) >= 11 is 0. The smallest absolute Gasteiger partial charge is 0.120 e. The van der Waals surface area contributed by atoms with E-state index in [-0.39, 0.29) is 22.9 Å². The second-order valence-corrected chi connectivity index (χ2v) is 8.62. The van der Waals surface area contributed by atoms with E-state index in [4.69, 9.17) is 5.73 Å². The number of alkyl halides is 1. The Morgan fingerprint density at radius 2 is 1.83 bits per heavy atom. The average Bonchev–Trinajstić information content (AvgIpc) is 2.73. The van der Waals surface area contributed by atoms with Gasteiger partial charge in [-0.3, -0.25) is 0 Å². The molecule has 0 bridgehead atoms. The molecule has 2 fully saturated rings. The molecule has 2 saturated carbocycles. The number of rotatable bonds is 0. The molecule has 0 radical (unpaired) electrons. The Hall–Kier alpha value is -0.710. The maximum absolute atomic E-state index is 14.3. The number of halogens is 1. The van der Waals surface area contributed by atoms with Crippen LogP contribution in [0.4, 0.5) is 4.39 Å². The monoisotopic (exact) mass is 321 g/mol. The SMILES string of the molecule is C[C@]12CC[C@H](O)C=C1C[C@H](O)C1=C3C[C@@H](F)[C@H](N)[C@@]3(C)CC[C@@H]12. The van der Waals surface area contributed by atoms with Crippen LogP contribution >= 0.6 is 0 Å². The van der Waals surface area contributed by atoms with Gasteiger partial charge in [-0.1, -0.05) is 31.1 Å². The van der Waals surface area contributed by atoms with E-state index in [1.165, 1.54) is 5.57 Å². The van der Waals surface area contributed by atoms with Gasteiger partial charge in [0.2, 0.25) is 0 Å². The van der Waals surface area contributed by atoms with E-state index < -0.39 is 18.3 Å². The van der Waals surface area contributed by atoms with Crippen molar-refractivity contribution >= 4 is 0 Å². The zero-order chi connectivity index (χ0) is 16.6. The van der Waals surface area contributed by atoms with E-state index in [9.17, 15) is 14.6 Å². The molecule has 7 atom stereocenters. The summed E-state index contributed by atoms with van der Waals surface area (Å²) in [6.45, 7) is 4.35. The van der Waals surface area contributed by atoms with Crippen molar-refractivity contribution in [2.45, 2.75) is 76.8 Å². The third-order valence-corrected chi connectivity index (χ3v) is 7.52. The third kappa shape index (κ3) is 1.98. The molecule has 0 saturated heterocycles. The molecule has 23 heavy (non-hydrogen) atoms. The fraction of sp³-hybridized carbons (Fsp3) is 0.789. The summed E-state index contributed by atoms with van der Waals surface area (Å²) in [5, 5.41) is 20.8. The molecular weight excluding hydrogens is 293 g/mol. The molecule has 0 aromatic heterocycles. The van der Waals surface area contributed by atoms with Gasteiger partial charge in [-0.15, -0.1) is 0 Å². The predicted octanol–water partition coefficient (Wildman–Crippen LogP) is 2.62. The minimum absolute atomic E-state index is 0.000613. The van der Waals surface area contributed by atoms with Crippen molar-refractivity contribution < 1.29 is 14.6 Å². The Kier molecular flexibility index (Phi) is 3.37. The van der Waals surface area contributed by atoms with Gasteiger partial charge in [-0.25, -0.2) is 4.39 Å². The second-order valence-electron chi connectivity index (χ2n) is 8.62. The number of aliphatic hydroxyl groups excluding tert-OH is 2. The molecule has 4 N–H and O–H groups in total. The van der Waals surface area contributed by atoms with Gasteiger partial charge in [0.1, 0.15) is 6.17 Å². The number of nitrogens with two attached hydrogens (primary N) is 1. The van der Waals surface area contributed by atoms with Crippen LogP contribution in [-0.4, -0.2) is 34.6 Å². The number of aliphatic hydroxyl groups is 2. The van der Waals surface area contributed by atoms with Crippen molar-refractivity contribution in [3.8, 4) is 0 Å². The molecule has 4 aliphatic carbocycles. The van der Waals surface area contributed by atoms with Gasteiger partial charge in [0.25, 0.3) is 0 Å². The van der Waals surface area contributed by atoms with Crippen molar-refractivity contribution in [2.24, 2.45) is 22.5 Å². The summed E-state index contributed by atoms with van der Waals surface area (Å²) < 4.78 is 14.3. The zero-order valence-corrected chi connectivity index (χ0v) is 14.1. The van der Waals surface area contributed by atoms with Crippen molar-refractivity contribution in [3.63, 3.8) is 0 Å². The van der Waals surface area contributed by atoms with Gasteiger partial charge in [-0.2, -0.15) is 0 Å². The Labute approximate surface area is 137 Å². The Morgan fingerprint density at radius 3 is 2.57 bits per heavy atom. The molecular formula is C19H28FNO2. The van der Waals surface area contributed by atoms with Crippen molar-refractivity contribution in [1.82, 2.24) is 0 Å². The zero-order valence-electron chi connectivity index (χ0n) is 14.1. The molecule has 0 aliphatic heterocycles. The van der Waals surface area contributed by atoms with Gasteiger partial charge in [-0.05, 0) is 49.0 Å². The van der Waals surface area contributed by atoms with Crippen LogP contribution in [0, 0.1) is 16.7 Å². The van der Waals surface area contributed by atoms with Gasteiger partial charge < -0.3 is 15.9 Å². The lowest BCUT2D eigenvalue weighted by atomic mass is 9.51. The first kappa shape index (κ1) is 15.8. The van der Waals surface area contributed by atoms with Crippen molar-refractivity contribution in [3.05, 3.63) is 22.8 Å². The summed E-state index contributed by atoms with van der Waals surface area (Å²) in [6, 6.07) is -0.448. The first-order valence-electron chi connectivity index (χ1n) is 8.98. The van der Waals surface area contributed by atoms with E-state index in [1.54, 1.807) is 0 Å². The van der Waals surface area contributed by atoms with Crippen LogP contribution in [0.25, 0.3) is 0 Å². The van der Waals surface area contributed by atoms with E-state index in [2.05, 4.69) is 13.8 Å². The van der Waals surface area contributed by atoms with Crippen LogP contribution in [0.3, 0.4) is 0 Å². The number of hydrogen-bond donors (Lipinski definition) is 3. The predicted molar refractivity (Wildman–Crippen MR) is 87.4 cm³/mol. The summed E-state index contributed by atoms with van der Waals surface area (Å²) in [6.07, 6.45) is 4.57. The maximum Gasteiger partial charge on any atom is 0.120 e. The van der Waals surface area contributed by atoms with Crippen LogP contribution in [0.2, 0.25) is 0 Å². The minimum atomic E-state index is -0.994. The molecule has 4 rings (SSSR count). The summed E-state index contributed by atoms with van der Waals surface area (Å²) in [5.41, 5.74) is 9.28. The minimum Gasteiger partial charge on any atom is -0.389 e. The average molecular weight is 321 g/mol. The standard InChI is InChI=1S/C19H28FNO2/c1-18-5-3-11(22)7-10(18)8-15(23)16-12(18)4-6-19(2)13(16)9-14(20)17(19)21/h7,11-12,14-15,17,22-23H,3-6,8-9,21H2,1-2H3/t11-,12-,14+,15-,17-,18-,19-/m0/s1. The molecule has 4 heteroatoms. The van der Waals surface area contributed by atoms with Gasteiger partial charge in [0.15, 0.2) is 0 Å². The highest BCUT2D eigenvalue weighted by atomic mass is 19.1. The van der Waals surface area contributed by atoms with Gasteiger partial charge in [0, 0.05) is 17.9 Å². The molecule has 128 valence electrons. The highest BCUT2D eigenvalue weighted by Crippen LogP contribution is 2.62. The molecule has 4 aliphatic rings. The van der Waals surface area contributed by atoms with E-state index in [1.807, 2.05) is 6.08 Å². The highest BCUT2D eigenvalue weighted by molar-refractivity contribution is 5.43. The van der Waals surface area contributed by atoms with Crippen molar-refractivity contribution in [1.29, 1.82) is 0 Å². The normalized spacial score (nSPS) is 52.6. The first-order chi connectivity index (χ1) is 10.8. The van der Waals surface area contributed by atoms with E-state index in [0.717, 1.165) is 36.8 Å². The molecule has 0 spiro atoms.